The molecule has 0 unspecified atom stereocenters. The molecule has 138 valence electrons. The molecule has 0 bridgehead atoms. The summed E-state index contributed by atoms with van der Waals surface area (Å²) >= 11 is 0. The Morgan fingerprint density at radius 3 is 2.48 bits per heavy atom. The van der Waals surface area contributed by atoms with Crippen molar-refractivity contribution < 1.29 is 14.3 Å². The van der Waals surface area contributed by atoms with Crippen molar-refractivity contribution in [1.29, 1.82) is 0 Å². The maximum absolute atomic E-state index is 12.5. The minimum absolute atomic E-state index is 0.146. The van der Waals surface area contributed by atoms with Gasteiger partial charge in [-0.15, -0.1) is 0 Å². The molecule has 1 atom stereocenters. The lowest BCUT2D eigenvalue weighted by Gasteiger charge is -2.15. The van der Waals surface area contributed by atoms with Gasteiger partial charge in [0.2, 0.25) is 0 Å². The van der Waals surface area contributed by atoms with Gasteiger partial charge in [-0.2, -0.15) is 0 Å². The van der Waals surface area contributed by atoms with Crippen LogP contribution in [0.5, 0.6) is 0 Å². The highest BCUT2D eigenvalue weighted by atomic mass is 16.5. The highest BCUT2D eigenvalue weighted by molar-refractivity contribution is 6.03. The van der Waals surface area contributed by atoms with Crippen molar-refractivity contribution in [2.24, 2.45) is 0 Å². The third-order valence-electron chi connectivity index (χ3n) is 4.64. The second-order valence-electron chi connectivity index (χ2n) is 6.74. The van der Waals surface area contributed by atoms with Gasteiger partial charge >= 0.3 is 5.97 Å². The normalized spacial score (nSPS) is 11.8. The fourth-order valence-electron chi connectivity index (χ4n) is 2.94. The standard InChI is InChI=1S/C23H23NO3/c1-15-11-12-18(13-16(15)2)14-22(25)27-17(3)23(26)24-21-10-6-8-19-7-4-5-9-20(19)21/h4-13,17H,14H2,1-3H3,(H,24,26)/t17-/m1/s1. The van der Waals surface area contributed by atoms with E-state index in [9.17, 15) is 9.59 Å². The monoisotopic (exact) mass is 361 g/mol. The average Bonchev–Trinajstić information content (AvgIpc) is 2.65. The number of ether oxygens (including phenoxy) is 1. The lowest BCUT2D eigenvalue weighted by atomic mass is 10.0. The lowest BCUT2D eigenvalue weighted by molar-refractivity contribution is -0.152. The number of amides is 1. The van der Waals surface area contributed by atoms with Crippen LogP contribution in [0.4, 0.5) is 5.69 Å². The first kappa shape index (κ1) is 18.6. The van der Waals surface area contributed by atoms with Crippen molar-refractivity contribution in [2.45, 2.75) is 33.3 Å². The summed E-state index contributed by atoms with van der Waals surface area (Å²) in [5, 5.41) is 4.84. The van der Waals surface area contributed by atoms with Crippen LogP contribution in [0.3, 0.4) is 0 Å². The van der Waals surface area contributed by atoms with Crippen molar-refractivity contribution in [2.75, 3.05) is 5.32 Å². The Kier molecular flexibility index (Phi) is 5.55. The van der Waals surface area contributed by atoms with E-state index in [1.54, 1.807) is 6.92 Å². The Balaban J connectivity index is 1.63. The molecule has 0 aliphatic heterocycles. The molecule has 3 aromatic carbocycles. The minimum atomic E-state index is -0.872. The fourth-order valence-corrected chi connectivity index (χ4v) is 2.94. The van der Waals surface area contributed by atoms with E-state index in [1.165, 1.54) is 5.56 Å². The van der Waals surface area contributed by atoms with Crippen LogP contribution in [0.2, 0.25) is 0 Å². The van der Waals surface area contributed by atoms with Gasteiger partial charge in [0.25, 0.3) is 5.91 Å². The van der Waals surface area contributed by atoms with Crippen LogP contribution in [-0.4, -0.2) is 18.0 Å². The van der Waals surface area contributed by atoms with E-state index in [-0.39, 0.29) is 12.3 Å². The molecule has 0 aliphatic carbocycles. The maximum atomic E-state index is 12.5. The van der Waals surface area contributed by atoms with Gasteiger partial charge in [0, 0.05) is 11.1 Å². The number of carbonyl (C=O) groups excluding carboxylic acids is 2. The van der Waals surface area contributed by atoms with Crippen LogP contribution in [-0.2, 0) is 20.7 Å². The molecule has 0 fully saturated rings. The predicted octanol–water partition coefficient (Wildman–Crippen LogP) is 4.57. The first-order valence-electron chi connectivity index (χ1n) is 8.98. The molecule has 1 amide bonds. The summed E-state index contributed by atoms with van der Waals surface area (Å²) in [5.74, 6) is -0.765. The topological polar surface area (TPSA) is 55.4 Å². The number of nitrogens with one attached hydrogen (secondary N) is 1. The Morgan fingerprint density at radius 1 is 0.963 bits per heavy atom. The summed E-state index contributed by atoms with van der Waals surface area (Å²) in [4.78, 5) is 24.6. The van der Waals surface area contributed by atoms with E-state index in [0.717, 1.165) is 21.9 Å². The number of benzene rings is 3. The van der Waals surface area contributed by atoms with Crippen molar-refractivity contribution >= 4 is 28.3 Å². The van der Waals surface area contributed by atoms with E-state index < -0.39 is 12.1 Å². The summed E-state index contributed by atoms with van der Waals surface area (Å²) in [7, 11) is 0. The van der Waals surface area contributed by atoms with E-state index in [1.807, 2.05) is 74.5 Å². The van der Waals surface area contributed by atoms with E-state index in [2.05, 4.69) is 5.32 Å². The zero-order chi connectivity index (χ0) is 19.4. The zero-order valence-corrected chi connectivity index (χ0v) is 15.8. The Hall–Kier alpha value is -3.14. The van der Waals surface area contributed by atoms with E-state index >= 15 is 0 Å². The molecule has 4 nitrogen and oxygen atoms in total. The van der Waals surface area contributed by atoms with Crippen molar-refractivity contribution in [3.05, 3.63) is 77.4 Å². The second-order valence-corrected chi connectivity index (χ2v) is 6.74. The summed E-state index contributed by atoms with van der Waals surface area (Å²) in [6.45, 7) is 5.61. The fraction of sp³-hybridized carbons (Fsp3) is 0.217. The number of fused-ring (bicyclic) bond motifs is 1. The molecule has 3 aromatic rings. The van der Waals surface area contributed by atoms with Gasteiger partial charge in [-0.3, -0.25) is 9.59 Å². The lowest BCUT2D eigenvalue weighted by Crippen LogP contribution is -2.30. The van der Waals surface area contributed by atoms with E-state index in [0.29, 0.717) is 5.69 Å². The minimum Gasteiger partial charge on any atom is -0.452 e. The Morgan fingerprint density at radius 2 is 1.70 bits per heavy atom. The van der Waals surface area contributed by atoms with Crippen molar-refractivity contribution in [3.8, 4) is 0 Å². The molecule has 4 heteroatoms. The number of esters is 1. The molecule has 0 radical (unpaired) electrons. The van der Waals surface area contributed by atoms with Crippen LogP contribution in [0.15, 0.2) is 60.7 Å². The average molecular weight is 361 g/mol. The molecule has 0 saturated carbocycles. The first-order chi connectivity index (χ1) is 12.9. The largest absolute Gasteiger partial charge is 0.452 e. The molecular formula is C23H23NO3. The van der Waals surface area contributed by atoms with Gasteiger partial charge in [0.1, 0.15) is 0 Å². The number of hydrogen-bond acceptors (Lipinski definition) is 3. The van der Waals surface area contributed by atoms with Gasteiger partial charge in [-0.1, -0.05) is 54.6 Å². The number of carbonyl (C=O) groups is 2. The third-order valence-corrected chi connectivity index (χ3v) is 4.64. The highest BCUT2D eigenvalue weighted by Crippen LogP contribution is 2.23. The zero-order valence-electron chi connectivity index (χ0n) is 15.8. The smallest absolute Gasteiger partial charge is 0.311 e. The Labute approximate surface area is 159 Å². The summed E-state index contributed by atoms with van der Waals surface area (Å²) in [5.41, 5.74) is 3.89. The van der Waals surface area contributed by atoms with Crippen LogP contribution in [0.25, 0.3) is 10.8 Å². The van der Waals surface area contributed by atoms with Crippen molar-refractivity contribution in [1.82, 2.24) is 0 Å². The van der Waals surface area contributed by atoms with Gasteiger partial charge in [0.15, 0.2) is 6.10 Å². The number of anilines is 1. The van der Waals surface area contributed by atoms with Crippen LogP contribution in [0.1, 0.15) is 23.6 Å². The molecule has 0 saturated heterocycles. The number of aryl methyl sites for hydroxylation is 2. The maximum Gasteiger partial charge on any atom is 0.311 e. The van der Waals surface area contributed by atoms with Gasteiger partial charge in [0.05, 0.1) is 6.42 Å². The molecule has 0 heterocycles. The van der Waals surface area contributed by atoms with Gasteiger partial charge < -0.3 is 10.1 Å². The third kappa shape index (κ3) is 4.53. The SMILES string of the molecule is Cc1ccc(CC(=O)O[C@H](C)C(=O)Nc2cccc3ccccc23)cc1C. The molecular weight excluding hydrogens is 338 g/mol. The molecule has 0 spiro atoms. The van der Waals surface area contributed by atoms with Crippen LogP contribution >= 0.6 is 0 Å². The molecule has 27 heavy (non-hydrogen) atoms. The van der Waals surface area contributed by atoms with Crippen LogP contribution in [0, 0.1) is 13.8 Å². The number of hydrogen-bond donors (Lipinski definition) is 1. The summed E-state index contributed by atoms with van der Waals surface area (Å²) in [6.07, 6.45) is -0.726. The first-order valence-corrected chi connectivity index (χ1v) is 8.98. The summed E-state index contributed by atoms with van der Waals surface area (Å²) < 4.78 is 5.32. The molecule has 3 rings (SSSR count). The molecule has 0 aromatic heterocycles. The van der Waals surface area contributed by atoms with E-state index in [4.69, 9.17) is 4.74 Å². The molecule has 1 N–H and O–H groups in total. The second kappa shape index (κ2) is 8.04. The number of rotatable bonds is 5. The predicted molar refractivity (Wildman–Crippen MR) is 108 cm³/mol. The highest BCUT2D eigenvalue weighted by Gasteiger charge is 2.19. The van der Waals surface area contributed by atoms with Gasteiger partial charge in [-0.05, 0) is 48.9 Å². The quantitative estimate of drug-likeness (QED) is 0.677. The Bertz CT molecular complexity index is 989. The molecule has 0 aliphatic rings. The van der Waals surface area contributed by atoms with Crippen molar-refractivity contribution in [3.63, 3.8) is 0 Å². The van der Waals surface area contributed by atoms with Gasteiger partial charge in [-0.25, -0.2) is 0 Å². The summed E-state index contributed by atoms with van der Waals surface area (Å²) in [6, 6.07) is 19.4. The van der Waals surface area contributed by atoms with Crippen LogP contribution < -0.4 is 5.32 Å².